The minimum Gasteiger partial charge on any atom is -0.492 e. The molecule has 0 saturated heterocycles. The quantitative estimate of drug-likeness (QED) is 0.624. The zero-order valence-corrected chi connectivity index (χ0v) is 12.2. The van der Waals surface area contributed by atoms with Crippen LogP contribution in [0.2, 0.25) is 5.15 Å². The number of hydrogen-bond acceptors (Lipinski definition) is 4. The van der Waals surface area contributed by atoms with Gasteiger partial charge in [-0.2, -0.15) is 0 Å². The van der Waals surface area contributed by atoms with Crippen LogP contribution in [0.3, 0.4) is 0 Å². The molecule has 102 valence electrons. The summed E-state index contributed by atoms with van der Waals surface area (Å²) in [7, 11) is 0. The minimum absolute atomic E-state index is 0.0164. The number of rotatable bonds is 5. The smallest absolute Gasteiger partial charge is 0.144 e. The highest BCUT2D eigenvalue weighted by Gasteiger charge is 2.12. The van der Waals surface area contributed by atoms with Crippen molar-refractivity contribution in [1.82, 2.24) is 9.97 Å². The molecule has 6 heteroatoms. The van der Waals surface area contributed by atoms with Crippen LogP contribution in [0.4, 0.5) is 0 Å². The number of nitrogens with zero attached hydrogens (tertiary/aromatic N) is 2. The van der Waals surface area contributed by atoms with Crippen LogP contribution in [0.1, 0.15) is 13.8 Å². The Morgan fingerprint density at radius 2 is 2.05 bits per heavy atom. The topological polar surface area (TPSA) is 44.2 Å². The Morgan fingerprint density at radius 1 is 1.26 bits per heavy atom. The third kappa shape index (κ3) is 3.39. The van der Waals surface area contributed by atoms with E-state index in [1.165, 1.54) is 6.33 Å². The van der Waals surface area contributed by atoms with Gasteiger partial charge in [-0.25, -0.2) is 9.97 Å². The average Bonchev–Trinajstić information content (AvgIpc) is 2.35. The molecule has 0 radical (unpaired) electrons. The lowest BCUT2D eigenvalue weighted by Crippen LogP contribution is -2.07. The van der Waals surface area contributed by atoms with E-state index in [-0.39, 0.29) is 6.10 Å². The first-order chi connectivity index (χ1) is 9.11. The summed E-state index contributed by atoms with van der Waals surface area (Å²) in [5.74, 6) is 1.68. The van der Waals surface area contributed by atoms with E-state index in [1.54, 1.807) is 12.1 Å². The summed E-state index contributed by atoms with van der Waals surface area (Å²) in [6.07, 6.45) is 1.43. The molecule has 0 saturated carbocycles. The zero-order valence-electron chi connectivity index (χ0n) is 10.7. The van der Waals surface area contributed by atoms with Gasteiger partial charge in [0.05, 0.1) is 22.9 Å². The van der Waals surface area contributed by atoms with E-state index in [4.69, 9.17) is 32.7 Å². The minimum atomic E-state index is 0.0164. The number of ether oxygens (including phenoxy) is 2. The van der Waals surface area contributed by atoms with Gasteiger partial charge < -0.3 is 9.47 Å². The van der Waals surface area contributed by atoms with E-state index in [1.807, 2.05) is 13.8 Å². The molecule has 2 aromatic rings. The van der Waals surface area contributed by atoms with Gasteiger partial charge in [0, 0.05) is 12.1 Å². The molecule has 0 bridgehead atoms. The standard InChI is InChI=1S/C13H14Cl2N2O2/c1-8(2)19-11-6-9(18-4-3-14)5-10-12(11)13(15)17-7-16-10/h5-8H,3-4H2,1-2H3. The monoisotopic (exact) mass is 300 g/mol. The van der Waals surface area contributed by atoms with Gasteiger partial charge in [0.2, 0.25) is 0 Å². The van der Waals surface area contributed by atoms with Crippen molar-refractivity contribution in [3.63, 3.8) is 0 Å². The summed E-state index contributed by atoms with van der Waals surface area (Å²) < 4.78 is 11.3. The summed E-state index contributed by atoms with van der Waals surface area (Å²) in [4.78, 5) is 8.17. The molecule has 0 spiro atoms. The lowest BCUT2D eigenvalue weighted by molar-refractivity contribution is 0.243. The number of fused-ring (bicyclic) bond motifs is 1. The van der Waals surface area contributed by atoms with Gasteiger partial charge in [-0.1, -0.05) is 11.6 Å². The number of aromatic nitrogens is 2. The maximum Gasteiger partial charge on any atom is 0.144 e. The lowest BCUT2D eigenvalue weighted by atomic mass is 10.2. The van der Waals surface area contributed by atoms with Crippen LogP contribution in [0.5, 0.6) is 11.5 Å². The Bertz CT molecular complexity index is 576. The molecule has 0 atom stereocenters. The van der Waals surface area contributed by atoms with Crippen LogP contribution in [-0.2, 0) is 0 Å². The summed E-state index contributed by atoms with van der Waals surface area (Å²) in [6.45, 7) is 4.30. The highest BCUT2D eigenvalue weighted by atomic mass is 35.5. The van der Waals surface area contributed by atoms with Gasteiger partial charge in [-0.15, -0.1) is 11.6 Å². The van der Waals surface area contributed by atoms with Crippen molar-refractivity contribution in [2.24, 2.45) is 0 Å². The molecule has 0 aliphatic carbocycles. The fourth-order valence-electron chi connectivity index (χ4n) is 1.68. The van der Waals surface area contributed by atoms with Crippen LogP contribution in [0, 0.1) is 0 Å². The molecule has 0 aliphatic heterocycles. The van der Waals surface area contributed by atoms with E-state index in [9.17, 15) is 0 Å². The average molecular weight is 301 g/mol. The second-order valence-corrected chi connectivity index (χ2v) is 4.92. The largest absolute Gasteiger partial charge is 0.492 e. The fraction of sp³-hybridized carbons (Fsp3) is 0.385. The Hall–Kier alpha value is -1.26. The van der Waals surface area contributed by atoms with Crippen LogP contribution in [-0.4, -0.2) is 28.6 Å². The second-order valence-electron chi connectivity index (χ2n) is 4.18. The molecule has 1 heterocycles. The third-order valence-electron chi connectivity index (χ3n) is 2.34. The molecule has 0 fully saturated rings. The van der Waals surface area contributed by atoms with Crippen molar-refractivity contribution in [1.29, 1.82) is 0 Å². The van der Waals surface area contributed by atoms with Crippen molar-refractivity contribution in [2.45, 2.75) is 20.0 Å². The van der Waals surface area contributed by atoms with E-state index in [0.717, 1.165) is 0 Å². The first kappa shape index (κ1) is 14.2. The molecular formula is C13H14Cl2N2O2. The first-order valence-electron chi connectivity index (χ1n) is 5.91. The van der Waals surface area contributed by atoms with Gasteiger partial charge in [0.15, 0.2) is 0 Å². The summed E-state index contributed by atoms with van der Waals surface area (Å²) in [5, 5.41) is 1.06. The van der Waals surface area contributed by atoms with Crippen LogP contribution in [0.15, 0.2) is 18.5 Å². The predicted octanol–water partition coefficient (Wildman–Crippen LogP) is 3.69. The van der Waals surface area contributed by atoms with Crippen LogP contribution in [0.25, 0.3) is 10.9 Å². The van der Waals surface area contributed by atoms with Crippen LogP contribution < -0.4 is 9.47 Å². The predicted molar refractivity (Wildman–Crippen MR) is 76.5 cm³/mol. The molecule has 19 heavy (non-hydrogen) atoms. The second kappa shape index (κ2) is 6.26. The first-order valence-corrected chi connectivity index (χ1v) is 6.82. The molecule has 0 unspecified atom stereocenters. The third-order valence-corrected chi connectivity index (χ3v) is 2.78. The van der Waals surface area contributed by atoms with Crippen molar-refractivity contribution in [3.05, 3.63) is 23.6 Å². The molecule has 1 aromatic heterocycles. The highest BCUT2D eigenvalue weighted by molar-refractivity contribution is 6.34. The fourth-order valence-corrected chi connectivity index (χ4v) is 1.99. The van der Waals surface area contributed by atoms with Gasteiger partial charge in [0.1, 0.15) is 29.6 Å². The van der Waals surface area contributed by atoms with Crippen molar-refractivity contribution >= 4 is 34.1 Å². The molecule has 0 amide bonds. The van der Waals surface area contributed by atoms with E-state index in [2.05, 4.69) is 9.97 Å². The van der Waals surface area contributed by atoms with Gasteiger partial charge in [0.25, 0.3) is 0 Å². The molecule has 0 aliphatic rings. The number of halogens is 2. The van der Waals surface area contributed by atoms with Crippen molar-refractivity contribution in [2.75, 3.05) is 12.5 Å². The normalized spacial score (nSPS) is 11.0. The summed E-state index contributed by atoms with van der Waals surface area (Å²) in [5.41, 5.74) is 0.683. The molecule has 2 rings (SSSR count). The van der Waals surface area contributed by atoms with E-state index >= 15 is 0 Å². The summed E-state index contributed by atoms with van der Waals surface area (Å²) in [6, 6.07) is 3.58. The Balaban J connectivity index is 2.52. The van der Waals surface area contributed by atoms with Crippen molar-refractivity contribution < 1.29 is 9.47 Å². The SMILES string of the molecule is CC(C)Oc1cc(OCCCl)cc2ncnc(Cl)c12. The molecule has 4 nitrogen and oxygen atoms in total. The lowest BCUT2D eigenvalue weighted by Gasteiger charge is -2.14. The molecule has 0 N–H and O–H groups in total. The Kier molecular flexibility index (Phi) is 4.66. The Morgan fingerprint density at radius 3 is 2.74 bits per heavy atom. The Labute approximate surface area is 121 Å². The zero-order chi connectivity index (χ0) is 13.8. The van der Waals surface area contributed by atoms with E-state index < -0.39 is 0 Å². The van der Waals surface area contributed by atoms with Crippen molar-refractivity contribution in [3.8, 4) is 11.5 Å². The van der Waals surface area contributed by atoms with Gasteiger partial charge in [-0.3, -0.25) is 0 Å². The number of benzene rings is 1. The number of alkyl halides is 1. The van der Waals surface area contributed by atoms with Gasteiger partial charge >= 0.3 is 0 Å². The maximum atomic E-state index is 6.11. The molecule has 1 aromatic carbocycles. The summed E-state index contributed by atoms with van der Waals surface area (Å²) >= 11 is 11.7. The van der Waals surface area contributed by atoms with Crippen LogP contribution >= 0.6 is 23.2 Å². The maximum absolute atomic E-state index is 6.11. The molecular weight excluding hydrogens is 287 g/mol. The van der Waals surface area contributed by atoms with Gasteiger partial charge in [-0.05, 0) is 13.8 Å². The number of hydrogen-bond donors (Lipinski definition) is 0. The highest BCUT2D eigenvalue weighted by Crippen LogP contribution is 2.34. The van der Waals surface area contributed by atoms with E-state index in [0.29, 0.717) is 40.0 Å².